The molecule has 12 heteroatoms. The summed E-state index contributed by atoms with van der Waals surface area (Å²) in [7, 11) is -2.74. The number of aliphatic hydroxyl groups excluding tert-OH is 1. The number of benzene rings is 1. The number of rotatable bonds is 10. The van der Waals surface area contributed by atoms with Gasteiger partial charge < -0.3 is 5.11 Å². The number of hydrogen-bond acceptors (Lipinski definition) is 10. The van der Waals surface area contributed by atoms with Crippen molar-refractivity contribution in [2.24, 2.45) is 0 Å². The summed E-state index contributed by atoms with van der Waals surface area (Å²) in [5, 5.41) is 8.97. The molecule has 2 aromatic heterocycles. The second kappa shape index (κ2) is 8.89. The summed E-state index contributed by atoms with van der Waals surface area (Å²) in [5.74, 6) is 0.129. The van der Waals surface area contributed by atoms with Crippen LogP contribution >= 0.6 is 7.28 Å². The van der Waals surface area contributed by atoms with Gasteiger partial charge in [-0.2, -0.15) is 0 Å². The van der Waals surface area contributed by atoms with Crippen LogP contribution in [-0.2, 0) is 17.2 Å². The van der Waals surface area contributed by atoms with E-state index in [9.17, 15) is 9.79 Å². The third kappa shape index (κ3) is 5.57. The van der Waals surface area contributed by atoms with Crippen LogP contribution in [0.5, 0.6) is 12.0 Å². The van der Waals surface area contributed by atoms with E-state index < -0.39 is 7.28 Å². The van der Waals surface area contributed by atoms with Crippen molar-refractivity contribution in [1.82, 2.24) is 19.5 Å². The first-order valence-electron chi connectivity index (χ1n) is 9.69. The van der Waals surface area contributed by atoms with E-state index in [1.165, 1.54) is 13.8 Å². The van der Waals surface area contributed by atoms with Crippen LogP contribution in [-0.4, -0.2) is 68.0 Å². The zero-order chi connectivity index (χ0) is 22.7. The van der Waals surface area contributed by atoms with Crippen molar-refractivity contribution in [2.45, 2.75) is 19.6 Å². The van der Waals surface area contributed by atoms with Crippen molar-refractivity contribution in [3.8, 4) is 12.0 Å². The van der Waals surface area contributed by atoms with E-state index in [4.69, 9.17) is 24.8 Å². The van der Waals surface area contributed by atoms with Crippen LogP contribution in [0.25, 0.3) is 11.2 Å². The zero-order valence-electron chi connectivity index (χ0n) is 17.7. The van der Waals surface area contributed by atoms with Crippen LogP contribution in [0.4, 0.5) is 5.82 Å². The maximum absolute atomic E-state index is 10.5. The van der Waals surface area contributed by atoms with Gasteiger partial charge in [-0.25, -0.2) is 0 Å². The first kappa shape index (κ1) is 23.1. The number of nitrogens with two attached hydrogens (primary N) is 1. The van der Waals surface area contributed by atoms with Crippen LogP contribution < -0.4 is 15.2 Å². The SMILES string of the molecule is CCOP(C)(O)(O)Cc1cccc(Cn2c(OC)nc3c(N)nc(OCCO)nc32)c1. The third-order valence-electron chi connectivity index (χ3n) is 4.41. The number of fused-ring (bicyclic) bond motifs is 1. The molecule has 2 heterocycles. The van der Waals surface area contributed by atoms with Gasteiger partial charge >= 0.3 is 174 Å². The Hall–Kier alpha value is -2.56. The van der Waals surface area contributed by atoms with Crippen molar-refractivity contribution in [3.05, 3.63) is 35.4 Å². The molecule has 3 rings (SSSR count). The van der Waals surface area contributed by atoms with E-state index in [1.807, 2.05) is 24.3 Å². The number of ether oxygens (including phenoxy) is 2. The Morgan fingerprint density at radius 3 is 2.58 bits per heavy atom. The quantitative estimate of drug-likeness (QED) is 0.330. The van der Waals surface area contributed by atoms with E-state index in [0.29, 0.717) is 17.7 Å². The molecular formula is C19H28N5O6P. The molecule has 31 heavy (non-hydrogen) atoms. The summed E-state index contributed by atoms with van der Waals surface area (Å²) >= 11 is 0. The van der Waals surface area contributed by atoms with Gasteiger partial charge in [0.25, 0.3) is 0 Å². The molecule has 1 aromatic carbocycles. The second-order valence-corrected chi connectivity index (χ2v) is 11.0. The van der Waals surface area contributed by atoms with Crippen molar-refractivity contribution in [2.75, 3.05) is 39.3 Å². The Labute approximate surface area is 179 Å². The van der Waals surface area contributed by atoms with Crippen molar-refractivity contribution in [3.63, 3.8) is 0 Å². The first-order valence-corrected chi connectivity index (χ1v) is 12.4. The van der Waals surface area contributed by atoms with E-state index in [2.05, 4.69) is 15.0 Å². The molecule has 0 unspecified atom stereocenters. The fourth-order valence-corrected chi connectivity index (χ4v) is 5.09. The van der Waals surface area contributed by atoms with Gasteiger partial charge in [0, 0.05) is 0 Å². The molecule has 0 bridgehead atoms. The van der Waals surface area contributed by atoms with Gasteiger partial charge in [-0.1, -0.05) is 0 Å². The number of anilines is 1. The van der Waals surface area contributed by atoms with Crippen molar-refractivity contribution in [1.29, 1.82) is 0 Å². The molecule has 170 valence electrons. The standard InChI is InChI=1S/C19H28N5O6P/c1-4-30-31(3,26,27)12-14-7-5-6-13(10-14)11-24-17-15(21-19(24)28-2)16(20)22-18(23-17)29-9-8-25/h5-7,10,25-27H,4,8-9,11-12H2,1-3H3,(H2,20,22,23). The first-order chi connectivity index (χ1) is 14.6. The van der Waals surface area contributed by atoms with E-state index in [-0.39, 0.29) is 43.8 Å². The van der Waals surface area contributed by atoms with Crippen LogP contribution in [0.1, 0.15) is 18.1 Å². The van der Waals surface area contributed by atoms with E-state index in [0.717, 1.165) is 11.1 Å². The molecule has 0 spiro atoms. The summed E-state index contributed by atoms with van der Waals surface area (Å²) in [4.78, 5) is 33.8. The van der Waals surface area contributed by atoms with E-state index >= 15 is 0 Å². The molecule has 0 atom stereocenters. The number of hydrogen-bond donors (Lipinski definition) is 4. The Bertz CT molecular complexity index is 1070. The average Bonchev–Trinajstić information content (AvgIpc) is 3.03. The molecule has 0 saturated carbocycles. The summed E-state index contributed by atoms with van der Waals surface area (Å²) in [6.45, 7) is 3.45. The number of aliphatic hydroxyl groups is 1. The molecule has 3 aromatic rings. The van der Waals surface area contributed by atoms with Gasteiger partial charge in [0.1, 0.15) is 0 Å². The second-order valence-electron chi connectivity index (χ2n) is 7.28. The monoisotopic (exact) mass is 453 g/mol. The van der Waals surface area contributed by atoms with Crippen LogP contribution in [0.3, 0.4) is 0 Å². The van der Waals surface area contributed by atoms with Crippen LogP contribution in [0, 0.1) is 0 Å². The number of imidazole rings is 1. The van der Waals surface area contributed by atoms with Crippen molar-refractivity contribution < 1.29 is 28.9 Å². The van der Waals surface area contributed by atoms with Gasteiger partial charge in [0.15, 0.2) is 0 Å². The summed E-state index contributed by atoms with van der Waals surface area (Å²) in [5.41, 5.74) is 8.36. The van der Waals surface area contributed by atoms with E-state index in [1.54, 1.807) is 11.5 Å². The van der Waals surface area contributed by atoms with Crippen molar-refractivity contribution >= 4 is 24.3 Å². The Balaban J connectivity index is 1.97. The van der Waals surface area contributed by atoms with Gasteiger partial charge in [-0.3, -0.25) is 0 Å². The Morgan fingerprint density at radius 2 is 1.90 bits per heavy atom. The zero-order valence-corrected chi connectivity index (χ0v) is 18.6. The summed E-state index contributed by atoms with van der Waals surface area (Å²) < 4.78 is 17.7. The molecule has 0 aliphatic carbocycles. The normalized spacial score (nSPS) is 13.2. The average molecular weight is 453 g/mol. The topological polar surface area (TPSA) is 158 Å². The molecule has 11 nitrogen and oxygen atoms in total. The number of nitrogens with zero attached hydrogens (tertiary/aromatic N) is 4. The molecule has 0 aliphatic rings. The van der Waals surface area contributed by atoms with Gasteiger partial charge in [-0.05, 0) is 0 Å². The summed E-state index contributed by atoms with van der Waals surface area (Å²) in [6, 6.07) is 7.70. The minimum atomic E-state index is -4.23. The number of nitrogen functional groups attached to an aromatic ring is 1. The molecule has 0 aliphatic heterocycles. The van der Waals surface area contributed by atoms with Crippen LogP contribution in [0.2, 0.25) is 0 Å². The van der Waals surface area contributed by atoms with Crippen LogP contribution in [0.15, 0.2) is 24.3 Å². The number of methoxy groups -OCH3 is 1. The van der Waals surface area contributed by atoms with Gasteiger partial charge in [0.2, 0.25) is 0 Å². The third-order valence-corrected chi connectivity index (χ3v) is 6.44. The molecule has 0 saturated heterocycles. The predicted molar refractivity (Wildman–Crippen MR) is 117 cm³/mol. The molecule has 5 N–H and O–H groups in total. The fraction of sp³-hybridized carbons (Fsp3) is 0.421. The fourth-order valence-electron chi connectivity index (χ4n) is 3.29. The Morgan fingerprint density at radius 1 is 1.16 bits per heavy atom. The minimum absolute atomic E-state index is 0.00333. The number of aromatic nitrogens is 4. The summed E-state index contributed by atoms with van der Waals surface area (Å²) in [6.07, 6.45) is 0.00333. The van der Waals surface area contributed by atoms with Gasteiger partial charge in [-0.15, -0.1) is 0 Å². The molecule has 0 fully saturated rings. The maximum atomic E-state index is 10.5. The predicted octanol–water partition coefficient (Wildman–Crippen LogP) is 1.29. The van der Waals surface area contributed by atoms with Gasteiger partial charge in [0.05, 0.1) is 0 Å². The Kier molecular flexibility index (Phi) is 6.63. The molecule has 0 radical (unpaired) electrons. The molecular weight excluding hydrogens is 425 g/mol. The molecule has 0 amide bonds.